The van der Waals surface area contributed by atoms with Crippen LogP contribution in [0.1, 0.15) is 34.6 Å². The van der Waals surface area contributed by atoms with Gasteiger partial charge in [0, 0.05) is 19.3 Å². The second-order valence-electron chi connectivity index (χ2n) is 4.39. The minimum absolute atomic E-state index is 0.158. The van der Waals surface area contributed by atoms with Crippen LogP contribution in [0.4, 0.5) is 0 Å². The molecule has 13 heavy (non-hydrogen) atoms. The van der Waals surface area contributed by atoms with E-state index in [1.54, 1.807) is 14.2 Å². The fourth-order valence-electron chi connectivity index (χ4n) is 1.79. The summed E-state index contributed by atoms with van der Waals surface area (Å²) in [6, 6.07) is 1.01. The summed E-state index contributed by atoms with van der Waals surface area (Å²) in [6.45, 7) is 11.1. The van der Waals surface area contributed by atoms with Crippen molar-refractivity contribution in [2.24, 2.45) is 5.92 Å². The second-order valence-corrected chi connectivity index (χ2v) is 8.71. The summed E-state index contributed by atoms with van der Waals surface area (Å²) in [5.41, 5.74) is 0. The van der Waals surface area contributed by atoms with E-state index in [9.17, 15) is 0 Å². The molecule has 0 saturated heterocycles. The van der Waals surface area contributed by atoms with Crippen molar-refractivity contribution in [1.29, 1.82) is 0 Å². The fourth-order valence-corrected chi connectivity index (χ4v) is 5.38. The van der Waals surface area contributed by atoms with E-state index < -0.39 is 8.56 Å². The van der Waals surface area contributed by atoms with Gasteiger partial charge in [-0.1, -0.05) is 34.6 Å². The molecule has 0 spiro atoms. The lowest BCUT2D eigenvalue weighted by Crippen LogP contribution is -2.51. The Hall–Kier alpha value is 0.137. The maximum absolute atomic E-state index is 5.68. The predicted molar refractivity (Wildman–Crippen MR) is 59.1 cm³/mol. The van der Waals surface area contributed by atoms with Crippen LogP contribution in [0.3, 0.4) is 0 Å². The van der Waals surface area contributed by atoms with Crippen molar-refractivity contribution in [2.45, 2.75) is 45.7 Å². The zero-order chi connectivity index (χ0) is 10.7. The van der Waals surface area contributed by atoms with E-state index in [1.165, 1.54) is 0 Å². The summed E-state index contributed by atoms with van der Waals surface area (Å²) in [4.78, 5) is 0. The highest BCUT2D eigenvalue weighted by atomic mass is 28.4. The van der Waals surface area contributed by atoms with Gasteiger partial charge in [0.1, 0.15) is 0 Å². The van der Waals surface area contributed by atoms with Gasteiger partial charge in [0.2, 0.25) is 0 Å². The molecule has 2 nitrogen and oxygen atoms in total. The zero-order valence-electron chi connectivity index (χ0n) is 10.1. The molecule has 0 heterocycles. The van der Waals surface area contributed by atoms with Crippen LogP contribution in [0.15, 0.2) is 0 Å². The van der Waals surface area contributed by atoms with Gasteiger partial charge in [0.25, 0.3) is 0 Å². The van der Waals surface area contributed by atoms with E-state index >= 15 is 0 Å². The van der Waals surface area contributed by atoms with Crippen LogP contribution in [0.25, 0.3) is 0 Å². The Morgan fingerprint density at radius 1 is 1.15 bits per heavy atom. The molecule has 0 rings (SSSR count). The minimum atomic E-state index is -2.01. The molecule has 0 aliphatic carbocycles. The second kappa shape index (κ2) is 4.58. The van der Waals surface area contributed by atoms with Gasteiger partial charge in [0.15, 0.2) is 0 Å². The molecule has 0 atom stereocenters. The molecule has 0 N–H and O–H groups in total. The predicted octanol–water partition coefficient (Wildman–Crippen LogP) is 3.18. The molecule has 0 aromatic rings. The van der Waals surface area contributed by atoms with E-state index in [1.807, 2.05) is 0 Å². The van der Waals surface area contributed by atoms with Crippen LogP contribution in [-0.2, 0) is 8.85 Å². The van der Waals surface area contributed by atoms with Crippen molar-refractivity contribution >= 4 is 8.56 Å². The molecule has 0 radical (unpaired) electrons. The average molecular weight is 204 g/mol. The highest BCUT2D eigenvalue weighted by Gasteiger charge is 2.50. The summed E-state index contributed by atoms with van der Waals surface area (Å²) in [6.07, 6.45) is 0. The summed E-state index contributed by atoms with van der Waals surface area (Å²) in [5, 5.41) is 0.158. The first-order valence-corrected chi connectivity index (χ1v) is 7.00. The van der Waals surface area contributed by atoms with Gasteiger partial charge in [-0.15, -0.1) is 0 Å². The SMILES string of the molecule is CC[Si](OC)(OC)C(C)(C)C(C)C. The van der Waals surface area contributed by atoms with Gasteiger partial charge in [0.05, 0.1) is 0 Å². The van der Waals surface area contributed by atoms with Crippen molar-refractivity contribution in [3.8, 4) is 0 Å². The third kappa shape index (κ3) is 2.14. The van der Waals surface area contributed by atoms with Crippen molar-refractivity contribution < 1.29 is 8.85 Å². The largest absolute Gasteiger partial charge is 0.397 e. The lowest BCUT2D eigenvalue weighted by atomic mass is 9.99. The van der Waals surface area contributed by atoms with Gasteiger partial charge in [-0.3, -0.25) is 0 Å². The Kier molecular flexibility index (Phi) is 4.62. The summed E-state index contributed by atoms with van der Waals surface area (Å²) in [5.74, 6) is 0.582. The lowest BCUT2D eigenvalue weighted by molar-refractivity contribution is 0.193. The van der Waals surface area contributed by atoms with Gasteiger partial charge in [-0.05, 0) is 12.0 Å². The lowest BCUT2D eigenvalue weighted by Gasteiger charge is -2.43. The Balaban J connectivity index is 4.91. The number of hydrogen-bond acceptors (Lipinski definition) is 2. The average Bonchev–Trinajstić information content (AvgIpc) is 2.08. The van der Waals surface area contributed by atoms with Gasteiger partial charge >= 0.3 is 8.56 Å². The van der Waals surface area contributed by atoms with Crippen LogP contribution < -0.4 is 0 Å². The Morgan fingerprint density at radius 3 is 1.62 bits per heavy atom. The highest BCUT2D eigenvalue weighted by Crippen LogP contribution is 2.46. The molecule has 80 valence electrons. The molecule has 0 fully saturated rings. The highest BCUT2D eigenvalue weighted by molar-refractivity contribution is 6.70. The molecule has 0 aliphatic rings. The van der Waals surface area contributed by atoms with Crippen molar-refractivity contribution in [3.05, 3.63) is 0 Å². The molecule has 0 amide bonds. The molecule has 3 heteroatoms. The van der Waals surface area contributed by atoms with Gasteiger partial charge < -0.3 is 8.85 Å². The third-order valence-electron chi connectivity index (χ3n) is 3.55. The smallest absolute Gasteiger partial charge is 0.343 e. The molecule has 0 saturated carbocycles. The van der Waals surface area contributed by atoms with Crippen molar-refractivity contribution in [3.63, 3.8) is 0 Å². The maximum Gasteiger partial charge on any atom is 0.343 e. The molecule has 0 aromatic heterocycles. The van der Waals surface area contributed by atoms with E-state index in [-0.39, 0.29) is 5.04 Å². The molecule has 0 aromatic carbocycles. The van der Waals surface area contributed by atoms with E-state index in [4.69, 9.17) is 8.85 Å². The summed E-state index contributed by atoms with van der Waals surface area (Å²) in [7, 11) is 1.55. The molecule has 0 bridgehead atoms. The van der Waals surface area contributed by atoms with E-state index in [2.05, 4.69) is 34.6 Å². The molecule has 0 aliphatic heterocycles. The van der Waals surface area contributed by atoms with Crippen LogP contribution in [-0.4, -0.2) is 22.8 Å². The quantitative estimate of drug-likeness (QED) is 0.640. The number of hydrogen-bond donors (Lipinski definition) is 0. The molecular formula is C10H24O2Si. The van der Waals surface area contributed by atoms with Gasteiger partial charge in [-0.25, -0.2) is 0 Å². The first kappa shape index (κ1) is 13.1. The standard InChI is InChI=1S/C10H24O2Si/c1-8-13(11-6,12-7)10(4,5)9(2)3/h9H,8H2,1-7H3. The van der Waals surface area contributed by atoms with Crippen molar-refractivity contribution in [2.75, 3.05) is 14.2 Å². The minimum Gasteiger partial charge on any atom is -0.397 e. The normalized spacial score (nSPS) is 13.8. The Labute approximate surface area is 83.9 Å². The van der Waals surface area contributed by atoms with Crippen LogP contribution >= 0.6 is 0 Å². The monoisotopic (exact) mass is 204 g/mol. The van der Waals surface area contributed by atoms with Crippen LogP contribution in [0, 0.1) is 5.92 Å². The number of rotatable bonds is 5. The molecule has 0 unspecified atom stereocenters. The van der Waals surface area contributed by atoms with E-state index in [0.717, 1.165) is 6.04 Å². The topological polar surface area (TPSA) is 18.5 Å². The Bertz CT molecular complexity index is 143. The molecular weight excluding hydrogens is 180 g/mol. The fraction of sp³-hybridized carbons (Fsp3) is 1.00. The Morgan fingerprint density at radius 2 is 1.54 bits per heavy atom. The van der Waals surface area contributed by atoms with E-state index in [0.29, 0.717) is 5.92 Å². The summed E-state index contributed by atoms with van der Waals surface area (Å²) < 4.78 is 11.4. The van der Waals surface area contributed by atoms with Crippen LogP contribution in [0.5, 0.6) is 0 Å². The third-order valence-corrected chi connectivity index (χ3v) is 8.34. The van der Waals surface area contributed by atoms with Crippen LogP contribution in [0.2, 0.25) is 11.1 Å². The van der Waals surface area contributed by atoms with Crippen molar-refractivity contribution in [1.82, 2.24) is 0 Å². The first-order chi connectivity index (χ1) is 5.88. The zero-order valence-corrected chi connectivity index (χ0v) is 11.1. The maximum atomic E-state index is 5.68. The first-order valence-electron chi connectivity index (χ1n) is 4.98. The van der Waals surface area contributed by atoms with Gasteiger partial charge in [-0.2, -0.15) is 0 Å². The summed E-state index contributed by atoms with van der Waals surface area (Å²) >= 11 is 0.